The molecule has 0 radical (unpaired) electrons. The first-order valence-electron chi connectivity index (χ1n) is 7.92. The number of fused-ring (bicyclic) bond motifs is 1. The van der Waals surface area contributed by atoms with Crippen molar-refractivity contribution in [2.75, 3.05) is 0 Å². The van der Waals surface area contributed by atoms with Crippen LogP contribution in [0, 0.1) is 0 Å². The van der Waals surface area contributed by atoms with E-state index in [0.29, 0.717) is 0 Å². The van der Waals surface area contributed by atoms with Crippen LogP contribution in [0.2, 0.25) is 10.5 Å². The summed E-state index contributed by atoms with van der Waals surface area (Å²) in [6.07, 6.45) is 8.06. The van der Waals surface area contributed by atoms with Gasteiger partial charge in [0, 0.05) is 0 Å². The number of rotatable bonds is 4. The van der Waals surface area contributed by atoms with E-state index in [4.69, 9.17) is 0 Å². The molecule has 0 N–H and O–H groups in total. The van der Waals surface area contributed by atoms with Gasteiger partial charge in [0.2, 0.25) is 0 Å². The molecule has 1 aliphatic rings. The maximum atomic E-state index is 3.36. The molecule has 0 heterocycles. The smallest absolute Gasteiger partial charge is 0.0149 e. The predicted octanol–water partition coefficient (Wildman–Crippen LogP) is 4.83. The summed E-state index contributed by atoms with van der Waals surface area (Å²) >= 11 is -1.88. The molecule has 1 aliphatic carbocycles. The summed E-state index contributed by atoms with van der Waals surface area (Å²) in [5, 5.41) is 6.68. The van der Waals surface area contributed by atoms with Crippen LogP contribution < -0.4 is 5.30 Å². The third-order valence-electron chi connectivity index (χ3n) is 3.98. The summed E-state index contributed by atoms with van der Waals surface area (Å²) in [5.41, 5.74) is 3.00. The summed E-state index contributed by atoms with van der Waals surface area (Å²) in [6, 6.07) is 19.9. The van der Waals surface area contributed by atoms with Crippen LogP contribution in [0.15, 0.2) is 86.0 Å². The zero-order valence-electron chi connectivity index (χ0n) is 14.0. The van der Waals surface area contributed by atoms with Gasteiger partial charge < -0.3 is 0 Å². The second-order valence-electron chi connectivity index (χ2n) is 6.15. The van der Waals surface area contributed by atoms with Crippen LogP contribution >= 0.6 is 6.57 Å². The van der Waals surface area contributed by atoms with Crippen LogP contribution in [0.1, 0.15) is 15.3 Å². The molecule has 2 aromatic carbocycles. The molecule has 3 heteroatoms. The van der Waals surface area contributed by atoms with Crippen LogP contribution in [0.3, 0.4) is 0 Å². The number of benzene rings is 2. The van der Waals surface area contributed by atoms with Crippen molar-refractivity contribution in [1.29, 1.82) is 0 Å². The van der Waals surface area contributed by atoms with Crippen LogP contribution in [0.5, 0.6) is 0 Å². The molecular weight excluding hydrogens is 359 g/mol. The van der Waals surface area contributed by atoms with Gasteiger partial charge in [-0.3, -0.25) is 0 Å². The fourth-order valence-electron chi connectivity index (χ4n) is 2.85. The molecule has 2 aromatic rings. The second-order valence-corrected chi connectivity index (χ2v) is 19.8. The van der Waals surface area contributed by atoms with Crippen molar-refractivity contribution in [3.63, 3.8) is 0 Å². The quantitative estimate of drug-likeness (QED) is 0.400. The molecule has 0 nitrogen and oxygen atoms in total. The molecule has 2 unspecified atom stereocenters. The van der Waals surface area contributed by atoms with Crippen molar-refractivity contribution in [3.8, 4) is 0 Å². The van der Waals surface area contributed by atoms with Crippen molar-refractivity contribution < 1.29 is 16.1 Å². The molecule has 0 saturated carbocycles. The number of hydrogen-bond donors (Lipinski definition) is 0. The minimum absolute atomic E-state index is 0. The fraction of sp³-hybridized carbons (Fsp3) is 0.143. The van der Waals surface area contributed by atoms with Gasteiger partial charge in [-0.15, -0.1) is 0 Å². The first-order valence-corrected chi connectivity index (χ1v) is 15.3. The Balaban J connectivity index is 0.000000522. The predicted molar refractivity (Wildman–Crippen MR) is 116 cm³/mol. The summed E-state index contributed by atoms with van der Waals surface area (Å²) in [4.78, 5) is 0. The Hall–Kier alpha value is -0.979. The van der Waals surface area contributed by atoms with E-state index in [9.17, 15) is 0 Å². The Kier molecular flexibility index (Phi) is 8.88. The third kappa shape index (κ3) is 5.53. The Bertz CT molecular complexity index is 686. The Morgan fingerprint density at radius 3 is 2.12 bits per heavy atom. The average Bonchev–Trinajstić information content (AvgIpc) is 3.00. The average molecular weight is 388 g/mol. The van der Waals surface area contributed by atoms with Gasteiger partial charge in [-0.2, -0.15) is 0 Å². The molecular formula is C21H29PSiTi. The van der Waals surface area contributed by atoms with Crippen molar-refractivity contribution in [3.05, 3.63) is 97.1 Å². The summed E-state index contributed by atoms with van der Waals surface area (Å²) < 4.78 is 0.717. The maximum absolute atomic E-state index is 3.36. The van der Waals surface area contributed by atoms with Gasteiger partial charge in [0.05, 0.1) is 0 Å². The van der Waals surface area contributed by atoms with Crippen LogP contribution in [0.25, 0.3) is 6.08 Å². The van der Waals surface area contributed by atoms with E-state index in [2.05, 4.69) is 90.4 Å². The minimum atomic E-state index is -1.88. The molecule has 24 heavy (non-hydrogen) atoms. The first-order chi connectivity index (χ1) is 11.1. The SMILES string of the molecule is C=CC=C.[CH3][Ti]([CH3])([PH]c1ccccc1)[CH]1C=Cc2ccccc21.[SiH4]. The van der Waals surface area contributed by atoms with Crippen molar-refractivity contribution >= 4 is 28.9 Å². The largest absolute Gasteiger partial charge is 0.0149 e. The standard InChI is InChI=1S/C9H7.C6H6P.C4H6.2CH3.H4Si.Ti/c1-2-5-9-7-3-6-8(9)4-1;7-6-4-2-1-3-5-6;1-3-4-2;;;;/h1-7H;1-5,7H;3-4H,1-2H2;2*1H3;1H4;/q;-1;;;;;+1. The summed E-state index contributed by atoms with van der Waals surface area (Å²) in [5.74, 6) is 0. The van der Waals surface area contributed by atoms with Gasteiger partial charge in [-0.25, -0.2) is 0 Å². The first kappa shape index (κ1) is 21.1. The maximum Gasteiger partial charge on any atom is -0.0149 e. The van der Waals surface area contributed by atoms with Gasteiger partial charge in [0.1, 0.15) is 0 Å². The minimum Gasteiger partial charge on any atom is -0.0149 e. The fourth-order valence-corrected chi connectivity index (χ4v) is 12.7. The molecule has 0 aromatic heterocycles. The van der Waals surface area contributed by atoms with Gasteiger partial charge in [0.15, 0.2) is 0 Å². The van der Waals surface area contributed by atoms with Crippen molar-refractivity contribution in [1.82, 2.24) is 0 Å². The van der Waals surface area contributed by atoms with Gasteiger partial charge >= 0.3 is 121 Å². The second kappa shape index (κ2) is 10.1. The van der Waals surface area contributed by atoms with E-state index in [0.717, 1.165) is 10.8 Å². The zero-order valence-corrected chi connectivity index (χ0v) is 16.6. The van der Waals surface area contributed by atoms with E-state index in [1.54, 1.807) is 17.7 Å². The van der Waals surface area contributed by atoms with Crippen molar-refractivity contribution in [2.45, 2.75) is 14.7 Å². The Morgan fingerprint density at radius 1 is 0.917 bits per heavy atom. The molecule has 2 atom stereocenters. The summed E-state index contributed by atoms with van der Waals surface area (Å²) in [7, 11) is 0. The van der Waals surface area contributed by atoms with Gasteiger partial charge in [-0.1, -0.05) is 25.3 Å². The van der Waals surface area contributed by atoms with Crippen LogP contribution in [0.4, 0.5) is 0 Å². The van der Waals surface area contributed by atoms with Crippen molar-refractivity contribution in [2.24, 2.45) is 0 Å². The molecule has 0 fully saturated rings. The molecule has 126 valence electrons. The van der Waals surface area contributed by atoms with Gasteiger partial charge in [-0.05, 0) is 11.0 Å². The van der Waals surface area contributed by atoms with E-state index in [1.165, 1.54) is 10.9 Å². The van der Waals surface area contributed by atoms with Crippen LogP contribution in [-0.4, -0.2) is 11.0 Å². The number of allylic oxidation sites excluding steroid dienone is 3. The molecule has 0 spiro atoms. The number of hydrogen-bond acceptors (Lipinski definition) is 0. The molecule has 0 amide bonds. The molecule has 3 rings (SSSR count). The van der Waals surface area contributed by atoms with E-state index in [-0.39, 0.29) is 11.0 Å². The Labute approximate surface area is 156 Å². The van der Waals surface area contributed by atoms with E-state index >= 15 is 0 Å². The Morgan fingerprint density at radius 2 is 1.50 bits per heavy atom. The molecule has 0 bridgehead atoms. The zero-order chi connectivity index (χ0) is 16.7. The third-order valence-corrected chi connectivity index (χ3v) is 14.1. The van der Waals surface area contributed by atoms with E-state index in [1.807, 2.05) is 0 Å². The molecule has 0 saturated heterocycles. The van der Waals surface area contributed by atoms with Crippen LogP contribution in [-0.2, 0) is 16.1 Å². The van der Waals surface area contributed by atoms with E-state index < -0.39 is 16.1 Å². The normalized spacial score (nSPS) is 15.2. The topological polar surface area (TPSA) is 0 Å². The summed E-state index contributed by atoms with van der Waals surface area (Å²) in [6.45, 7) is 7.74. The molecule has 0 aliphatic heterocycles. The van der Waals surface area contributed by atoms with Gasteiger partial charge in [0.25, 0.3) is 0 Å². The monoisotopic (exact) mass is 388 g/mol.